The van der Waals surface area contributed by atoms with Gasteiger partial charge in [-0.1, -0.05) is 11.6 Å². The SMILES string of the molecule is CC(C)Oc1ccc(NC2NC(=O)N(C(C)C)C(=O)N2Cc2ccc(Cl)s2)cc1F. The van der Waals surface area contributed by atoms with Gasteiger partial charge < -0.3 is 10.1 Å². The monoisotopic (exact) mass is 454 g/mol. The van der Waals surface area contributed by atoms with Gasteiger partial charge in [-0.05, 0) is 52.0 Å². The van der Waals surface area contributed by atoms with Crippen LogP contribution in [0.2, 0.25) is 4.34 Å². The molecular formula is C20H24ClFN4O3S. The van der Waals surface area contributed by atoms with E-state index in [1.165, 1.54) is 28.4 Å². The van der Waals surface area contributed by atoms with Crippen LogP contribution in [0.3, 0.4) is 0 Å². The van der Waals surface area contributed by atoms with Crippen molar-refractivity contribution in [1.29, 1.82) is 0 Å². The Kier molecular flexibility index (Phi) is 6.72. The fourth-order valence-corrected chi connectivity index (χ4v) is 4.12. The van der Waals surface area contributed by atoms with Gasteiger partial charge >= 0.3 is 12.1 Å². The summed E-state index contributed by atoms with van der Waals surface area (Å²) in [5.74, 6) is -0.405. The van der Waals surface area contributed by atoms with Crippen LogP contribution in [0.25, 0.3) is 0 Å². The number of ether oxygens (including phenoxy) is 1. The van der Waals surface area contributed by atoms with E-state index in [1.807, 2.05) is 19.9 Å². The average molecular weight is 455 g/mol. The van der Waals surface area contributed by atoms with Gasteiger partial charge in [0.1, 0.15) is 0 Å². The van der Waals surface area contributed by atoms with Crippen molar-refractivity contribution in [3.8, 4) is 5.75 Å². The molecule has 0 bridgehead atoms. The topological polar surface area (TPSA) is 73.9 Å². The number of anilines is 1. The second kappa shape index (κ2) is 9.09. The van der Waals surface area contributed by atoms with Crippen LogP contribution in [0.4, 0.5) is 19.7 Å². The van der Waals surface area contributed by atoms with E-state index < -0.39 is 24.2 Å². The van der Waals surface area contributed by atoms with Crippen LogP contribution >= 0.6 is 22.9 Å². The molecule has 1 saturated heterocycles. The Morgan fingerprint density at radius 2 is 1.97 bits per heavy atom. The molecule has 1 aliphatic heterocycles. The molecule has 2 aromatic rings. The van der Waals surface area contributed by atoms with Gasteiger partial charge in [0.25, 0.3) is 0 Å². The molecule has 3 rings (SSSR count). The van der Waals surface area contributed by atoms with Gasteiger partial charge in [-0.3, -0.25) is 10.2 Å². The van der Waals surface area contributed by atoms with E-state index >= 15 is 0 Å². The summed E-state index contributed by atoms with van der Waals surface area (Å²) in [5.41, 5.74) is 0.397. The standard InChI is InChI=1S/C20H24ClFN4O3S/c1-11(2)26-19(27)24-18(25(20(26)28)10-14-6-8-17(21)30-14)23-13-5-7-16(15(22)9-13)29-12(3)4/h5-9,11-12,18,23H,10H2,1-4H3,(H,24,27). The molecule has 0 radical (unpaired) electrons. The summed E-state index contributed by atoms with van der Waals surface area (Å²) in [5, 5.41) is 5.79. The first-order valence-electron chi connectivity index (χ1n) is 9.53. The van der Waals surface area contributed by atoms with Crippen LogP contribution < -0.4 is 15.4 Å². The number of carbonyl (C=O) groups excluding carboxylic acids is 2. The van der Waals surface area contributed by atoms with E-state index in [4.69, 9.17) is 16.3 Å². The maximum absolute atomic E-state index is 14.4. The van der Waals surface area contributed by atoms with Crippen LogP contribution in [0.1, 0.15) is 32.6 Å². The molecular weight excluding hydrogens is 431 g/mol. The summed E-state index contributed by atoms with van der Waals surface area (Å²) < 4.78 is 20.4. The molecule has 0 aliphatic carbocycles. The van der Waals surface area contributed by atoms with Gasteiger partial charge in [0.2, 0.25) is 0 Å². The molecule has 4 amide bonds. The van der Waals surface area contributed by atoms with Gasteiger partial charge in [0, 0.05) is 22.7 Å². The second-order valence-electron chi connectivity index (χ2n) is 7.39. The number of hydrogen-bond donors (Lipinski definition) is 2. The van der Waals surface area contributed by atoms with Crippen LogP contribution in [-0.2, 0) is 6.54 Å². The molecule has 1 aromatic carbocycles. The van der Waals surface area contributed by atoms with Gasteiger partial charge in [-0.2, -0.15) is 0 Å². The summed E-state index contributed by atoms with van der Waals surface area (Å²) in [6.45, 7) is 7.37. The first-order valence-corrected chi connectivity index (χ1v) is 10.7. The van der Waals surface area contributed by atoms with Crippen molar-refractivity contribution in [3.05, 3.63) is 45.4 Å². The number of carbonyl (C=O) groups is 2. The lowest BCUT2D eigenvalue weighted by Gasteiger charge is -2.42. The maximum Gasteiger partial charge on any atom is 0.331 e. The Balaban J connectivity index is 1.85. The lowest BCUT2D eigenvalue weighted by molar-refractivity contribution is 0.0979. The van der Waals surface area contributed by atoms with E-state index in [0.717, 1.165) is 9.78 Å². The molecule has 2 N–H and O–H groups in total. The number of hydrogen-bond acceptors (Lipinski definition) is 5. The highest BCUT2D eigenvalue weighted by Crippen LogP contribution is 2.27. The summed E-state index contributed by atoms with van der Waals surface area (Å²) in [6.07, 6.45) is -1.03. The first-order chi connectivity index (χ1) is 14.2. The molecule has 0 saturated carbocycles. The predicted molar refractivity (Wildman–Crippen MR) is 115 cm³/mol. The average Bonchev–Trinajstić information content (AvgIpc) is 3.05. The van der Waals surface area contributed by atoms with Crippen molar-refractivity contribution in [3.63, 3.8) is 0 Å². The number of halogens is 2. The van der Waals surface area contributed by atoms with Gasteiger partial charge in [0.05, 0.1) is 17.0 Å². The van der Waals surface area contributed by atoms with Crippen molar-refractivity contribution in [2.75, 3.05) is 5.32 Å². The molecule has 0 spiro atoms. The number of urea groups is 2. The van der Waals surface area contributed by atoms with Gasteiger partial charge in [-0.15, -0.1) is 11.3 Å². The number of rotatable bonds is 7. The van der Waals surface area contributed by atoms with E-state index in [9.17, 15) is 14.0 Å². The smallest absolute Gasteiger partial charge is 0.331 e. The minimum atomic E-state index is -0.864. The largest absolute Gasteiger partial charge is 0.488 e. The third-order valence-electron chi connectivity index (χ3n) is 4.31. The molecule has 1 aromatic heterocycles. The van der Waals surface area contributed by atoms with Crippen molar-refractivity contribution in [2.45, 2.75) is 52.7 Å². The van der Waals surface area contributed by atoms with Crippen molar-refractivity contribution in [2.24, 2.45) is 0 Å². The molecule has 7 nitrogen and oxygen atoms in total. The van der Waals surface area contributed by atoms with Crippen molar-refractivity contribution >= 4 is 40.7 Å². The van der Waals surface area contributed by atoms with Crippen LogP contribution in [-0.4, -0.2) is 40.3 Å². The fraction of sp³-hybridized carbons (Fsp3) is 0.400. The molecule has 30 heavy (non-hydrogen) atoms. The number of nitrogens with zero attached hydrogens (tertiary/aromatic N) is 2. The maximum atomic E-state index is 14.4. The minimum absolute atomic E-state index is 0.135. The number of benzene rings is 1. The minimum Gasteiger partial charge on any atom is -0.488 e. The van der Waals surface area contributed by atoms with Crippen molar-refractivity contribution < 1.29 is 18.7 Å². The molecule has 162 valence electrons. The Morgan fingerprint density at radius 1 is 1.23 bits per heavy atom. The van der Waals surface area contributed by atoms with Gasteiger partial charge in [0.15, 0.2) is 17.9 Å². The zero-order chi connectivity index (χ0) is 22.0. The summed E-state index contributed by atoms with van der Waals surface area (Å²) in [6, 6.07) is 6.69. The molecule has 1 aliphatic rings. The Morgan fingerprint density at radius 3 is 2.53 bits per heavy atom. The third kappa shape index (κ3) is 4.96. The quantitative estimate of drug-likeness (QED) is 0.611. The Hall–Kier alpha value is -2.52. The highest BCUT2D eigenvalue weighted by molar-refractivity contribution is 7.16. The van der Waals surface area contributed by atoms with E-state index in [0.29, 0.717) is 10.0 Å². The van der Waals surface area contributed by atoms with E-state index in [1.54, 1.807) is 26.0 Å². The summed E-state index contributed by atoms with van der Waals surface area (Å²) in [4.78, 5) is 29.0. The molecule has 10 heteroatoms. The Bertz CT molecular complexity index is 937. The Labute approximate surface area is 183 Å². The predicted octanol–water partition coefficient (Wildman–Crippen LogP) is 5.08. The number of nitrogens with one attached hydrogen (secondary N) is 2. The summed E-state index contributed by atoms with van der Waals surface area (Å²) >= 11 is 7.37. The highest BCUT2D eigenvalue weighted by Gasteiger charge is 2.40. The number of amides is 4. The summed E-state index contributed by atoms with van der Waals surface area (Å²) in [7, 11) is 0. The first kappa shape index (κ1) is 22.2. The zero-order valence-corrected chi connectivity index (χ0v) is 18.7. The second-order valence-corrected chi connectivity index (χ2v) is 9.19. The van der Waals surface area contributed by atoms with E-state index in [2.05, 4.69) is 10.6 Å². The normalized spacial score (nSPS) is 17.0. The van der Waals surface area contributed by atoms with E-state index in [-0.39, 0.29) is 24.4 Å². The van der Waals surface area contributed by atoms with Gasteiger partial charge in [-0.25, -0.2) is 18.9 Å². The lowest BCUT2D eigenvalue weighted by Crippen LogP contribution is -2.68. The fourth-order valence-electron chi connectivity index (χ4n) is 3.03. The molecule has 1 fully saturated rings. The number of thiophene rings is 1. The lowest BCUT2D eigenvalue weighted by atomic mass is 10.2. The number of imide groups is 1. The van der Waals surface area contributed by atoms with Crippen molar-refractivity contribution in [1.82, 2.24) is 15.1 Å². The third-order valence-corrected chi connectivity index (χ3v) is 5.53. The molecule has 2 heterocycles. The zero-order valence-electron chi connectivity index (χ0n) is 17.1. The van der Waals surface area contributed by atoms with Crippen LogP contribution in [0.15, 0.2) is 30.3 Å². The van der Waals surface area contributed by atoms with Crippen LogP contribution in [0.5, 0.6) is 5.75 Å². The molecule has 1 atom stereocenters. The highest BCUT2D eigenvalue weighted by atomic mass is 35.5. The van der Waals surface area contributed by atoms with Crippen LogP contribution in [0, 0.1) is 5.82 Å². The molecule has 1 unspecified atom stereocenters.